The molecule has 0 bridgehead atoms. The molecule has 1 aliphatic rings. The van der Waals surface area contributed by atoms with E-state index in [2.05, 4.69) is 41.7 Å². The number of para-hydroxylation sites is 2. The Balaban J connectivity index is 1.40. The third-order valence-electron chi connectivity index (χ3n) is 6.33. The number of aromatic nitrogens is 3. The summed E-state index contributed by atoms with van der Waals surface area (Å²) in [6, 6.07) is 36.6. The number of benzene rings is 4. The van der Waals surface area contributed by atoms with Gasteiger partial charge in [-0.05, 0) is 35.7 Å². The predicted octanol–water partition coefficient (Wildman–Crippen LogP) is 7.02. The quantitative estimate of drug-likeness (QED) is 0.293. The van der Waals surface area contributed by atoms with Crippen LogP contribution in [0.1, 0.15) is 11.9 Å². The van der Waals surface area contributed by atoms with Gasteiger partial charge in [0.25, 0.3) is 0 Å². The van der Waals surface area contributed by atoms with Crippen LogP contribution in [0.5, 0.6) is 5.75 Å². The Kier molecular flexibility index (Phi) is 4.45. The van der Waals surface area contributed by atoms with Gasteiger partial charge in [-0.1, -0.05) is 78.9 Å². The molecule has 1 atom stereocenters. The van der Waals surface area contributed by atoms with E-state index in [1.165, 1.54) is 0 Å². The van der Waals surface area contributed by atoms with Gasteiger partial charge < -0.3 is 10.1 Å². The molecular formula is C30H20N4O. The standard InChI is InChI=1S/C30H20N4O/c1-2-10-20(11-3-1)27-22-18-17-19-9-4-5-12-21(19)28(22)34-29(33-27)24-14-8-15-25(31-24)30-32-23-13-6-7-16-26(23)35-30/h1-18,30,32H. The van der Waals surface area contributed by atoms with Gasteiger partial charge in [0.2, 0.25) is 6.23 Å². The summed E-state index contributed by atoms with van der Waals surface area (Å²) in [7, 11) is 0. The summed E-state index contributed by atoms with van der Waals surface area (Å²) < 4.78 is 6.09. The topological polar surface area (TPSA) is 59.9 Å². The second-order valence-corrected chi connectivity index (χ2v) is 8.53. The first-order chi connectivity index (χ1) is 17.3. The Bertz CT molecular complexity index is 1690. The predicted molar refractivity (Wildman–Crippen MR) is 139 cm³/mol. The molecule has 0 fully saturated rings. The van der Waals surface area contributed by atoms with Crippen molar-refractivity contribution in [3.8, 4) is 28.5 Å². The summed E-state index contributed by atoms with van der Waals surface area (Å²) in [4.78, 5) is 15.0. The van der Waals surface area contributed by atoms with Crippen LogP contribution in [-0.2, 0) is 0 Å². The van der Waals surface area contributed by atoms with Crippen LogP contribution in [0.25, 0.3) is 44.5 Å². The van der Waals surface area contributed by atoms with E-state index in [1.807, 2.05) is 72.8 Å². The summed E-state index contributed by atoms with van der Waals surface area (Å²) in [5, 5.41) is 6.66. The maximum Gasteiger partial charge on any atom is 0.213 e. The minimum atomic E-state index is -0.359. The van der Waals surface area contributed by atoms with Gasteiger partial charge in [-0.3, -0.25) is 0 Å². The van der Waals surface area contributed by atoms with E-state index in [1.54, 1.807) is 0 Å². The first-order valence-corrected chi connectivity index (χ1v) is 11.6. The highest BCUT2D eigenvalue weighted by atomic mass is 16.5. The van der Waals surface area contributed by atoms with Gasteiger partial charge in [0.1, 0.15) is 17.1 Å². The maximum atomic E-state index is 6.09. The molecule has 1 unspecified atom stereocenters. The molecule has 0 radical (unpaired) electrons. The molecule has 0 saturated carbocycles. The minimum absolute atomic E-state index is 0.359. The van der Waals surface area contributed by atoms with Crippen molar-refractivity contribution < 1.29 is 4.74 Å². The molecule has 7 rings (SSSR count). The van der Waals surface area contributed by atoms with E-state index in [4.69, 9.17) is 19.7 Å². The fourth-order valence-corrected chi connectivity index (χ4v) is 4.64. The summed E-state index contributed by atoms with van der Waals surface area (Å²) in [5.74, 6) is 1.41. The average Bonchev–Trinajstić information content (AvgIpc) is 3.37. The summed E-state index contributed by atoms with van der Waals surface area (Å²) >= 11 is 0. The lowest BCUT2D eigenvalue weighted by Crippen LogP contribution is -2.12. The Morgan fingerprint density at radius 3 is 2.37 bits per heavy atom. The molecule has 1 N–H and O–H groups in total. The van der Waals surface area contributed by atoms with Crippen LogP contribution >= 0.6 is 0 Å². The maximum absolute atomic E-state index is 6.09. The molecule has 2 aromatic heterocycles. The van der Waals surface area contributed by atoms with Crippen molar-refractivity contribution >= 4 is 27.4 Å². The van der Waals surface area contributed by atoms with E-state index in [9.17, 15) is 0 Å². The Hall–Kier alpha value is -4.77. The molecule has 0 amide bonds. The summed E-state index contributed by atoms with van der Waals surface area (Å²) in [5.41, 5.74) is 5.30. The fraction of sp³-hybridized carbons (Fsp3) is 0.0333. The van der Waals surface area contributed by atoms with Crippen LogP contribution in [0.3, 0.4) is 0 Å². The number of anilines is 1. The number of nitrogens with one attached hydrogen (secondary N) is 1. The zero-order chi connectivity index (χ0) is 23.2. The number of ether oxygens (including phenoxy) is 1. The van der Waals surface area contributed by atoms with Crippen LogP contribution in [-0.4, -0.2) is 15.0 Å². The second kappa shape index (κ2) is 7.92. The molecule has 5 heteroatoms. The van der Waals surface area contributed by atoms with E-state index >= 15 is 0 Å². The van der Waals surface area contributed by atoms with Gasteiger partial charge in [-0.25, -0.2) is 15.0 Å². The van der Waals surface area contributed by atoms with E-state index < -0.39 is 0 Å². The second-order valence-electron chi connectivity index (χ2n) is 8.53. The smallest absolute Gasteiger partial charge is 0.213 e. The Labute approximate surface area is 202 Å². The van der Waals surface area contributed by atoms with Gasteiger partial charge in [0, 0.05) is 16.3 Å². The normalized spacial score (nSPS) is 14.5. The Morgan fingerprint density at radius 1 is 0.629 bits per heavy atom. The molecule has 166 valence electrons. The number of fused-ring (bicyclic) bond motifs is 4. The lowest BCUT2D eigenvalue weighted by Gasteiger charge is -2.13. The third-order valence-corrected chi connectivity index (χ3v) is 6.33. The van der Waals surface area contributed by atoms with Crippen molar-refractivity contribution in [1.82, 2.24) is 15.0 Å². The number of rotatable bonds is 3. The number of pyridine rings is 1. The van der Waals surface area contributed by atoms with Gasteiger partial charge >= 0.3 is 0 Å². The first kappa shape index (κ1) is 19.7. The van der Waals surface area contributed by atoms with E-state index in [-0.39, 0.29) is 6.23 Å². The molecular weight excluding hydrogens is 432 g/mol. The number of hydrogen-bond acceptors (Lipinski definition) is 5. The highest BCUT2D eigenvalue weighted by Crippen LogP contribution is 2.37. The molecule has 4 aromatic carbocycles. The molecule has 0 spiro atoms. The average molecular weight is 453 g/mol. The SMILES string of the molecule is c1ccc(-c2nc(-c3cccc(C4Nc5ccccc5O4)n3)nc3c2ccc2ccccc23)cc1. The third kappa shape index (κ3) is 3.37. The van der Waals surface area contributed by atoms with Gasteiger partial charge in [-0.2, -0.15) is 0 Å². The molecule has 3 heterocycles. The zero-order valence-electron chi connectivity index (χ0n) is 18.7. The van der Waals surface area contributed by atoms with Gasteiger partial charge in [-0.15, -0.1) is 0 Å². The van der Waals surface area contributed by atoms with Crippen LogP contribution in [0, 0.1) is 0 Å². The van der Waals surface area contributed by atoms with Crippen molar-refractivity contribution in [2.45, 2.75) is 6.23 Å². The van der Waals surface area contributed by atoms with Crippen molar-refractivity contribution in [3.05, 3.63) is 115 Å². The summed E-state index contributed by atoms with van der Waals surface area (Å²) in [6.07, 6.45) is -0.359. The molecule has 5 nitrogen and oxygen atoms in total. The van der Waals surface area contributed by atoms with Crippen LogP contribution in [0.15, 0.2) is 109 Å². The van der Waals surface area contributed by atoms with Gasteiger partial charge in [0.05, 0.1) is 16.9 Å². The largest absolute Gasteiger partial charge is 0.463 e. The highest BCUT2D eigenvalue weighted by molar-refractivity contribution is 6.09. The number of hydrogen-bond donors (Lipinski definition) is 1. The molecule has 0 aliphatic carbocycles. The van der Waals surface area contributed by atoms with Crippen molar-refractivity contribution in [2.75, 3.05) is 5.32 Å². The highest BCUT2D eigenvalue weighted by Gasteiger charge is 2.24. The minimum Gasteiger partial charge on any atom is -0.463 e. The molecule has 0 saturated heterocycles. The summed E-state index contributed by atoms with van der Waals surface area (Å²) in [6.45, 7) is 0. The lowest BCUT2D eigenvalue weighted by atomic mass is 10.0. The lowest BCUT2D eigenvalue weighted by molar-refractivity contribution is 0.254. The van der Waals surface area contributed by atoms with E-state index in [0.29, 0.717) is 11.5 Å². The monoisotopic (exact) mass is 452 g/mol. The zero-order valence-corrected chi connectivity index (χ0v) is 18.7. The first-order valence-electron chi connectivity index (χ1n) is 11.6. The van der Waals surface area contributed by atoms with Gasteiger partial charge in [0.15, 0.2) is 5.82 Å². The van der Waals surface area contributed by atoms with Crippen LogP contribution < -0.4 is 10.1 Å². The van der Waals surface area contributed by atoms with Crippen LogP contribution in [0.2, 0.25) is 0 Å². The molecule has 35 heavy (non-hydrogen) atoms. The van der Waals surface area contributed by atoms with E-state index in [0.717, 1.165) is 50.1 Å². The molecule has 6 aromatic rings. The van der Waals surface area contributed by atoms with Crippen molar-refractivity contribution in [1.29, 1.82) is 0 Å². The number of nitrogens with zero attached hydrogens (tertiary/aromatic N) is 3. The molecule has 1 aliphatic heterocycles. The fourth-order valence-electron chi connectivity index (χ4n) is 4.64. The van der Waals surface area contributed by atoms with Crippen molar-refractivity contribution in [2.24, 2.45) is 0 Å². The van der Waals surface area contributed by atoms with Crippen LogP contribution in [0.4, 0.5) is 5.69 Å². The Morgan fingerprint density at radius 2 is 1.46 bits per heavy atom. The van der Waals surface area contributed by atoms with Crippen molar-refractivity contribution in [3.63, 3.8) is 0 Å².